The third-order valence-electron chi connectivity index (χ3n) is 8.52. The van der Waals surface area contributed by atoms with Gasteiger partial charge in [-0.15, -0.1) is 0 Å². The maximum atomic E-state index is 9.79. The minimum atomic E-state index is -0.0303. The number of nitriles is 4. The van der Waals surface area contributed by atoms with Crippen LogP contribution in [0.15, 0.2) is 97.1 Å². The quantitative estimate of drug-likeness (QED) is 0.147. The number of aromatic nitrogens is 2. The fourth-order valence-corrected chi connectivity index (χ4v) is 6.10. The van der Waals surface area contributed by atoms with E-state index in [2.05, 4.69) is 22.1 Å². The summed E-state index contributed by atoms with van der Waals surface area (Å²) in [4.78, 5) is 8.27. The van der Waals surface area contributed by atoms with Crippen LogP contribution < -0.4 is 34.2 Å². The fraction of sp³-hybridized carbons (Fsp3) is 0.0952. The van der Waals surface area contributed by atoms with Crippen LogP contribution in [0.1, 0.15) is 33.4 Å². The molecule has 2 N–H and O–H groups in total. The highest BCUT2D eigenvalue weighted by Gasteiger charge is 2.25. The number of nitrogen functional groups attached to an aromatic ring is 1. The first-order chi connectivity index (χ1) is 27.4. The van der Waals surface area contributed by atoms with Gasteiger partial charge in [0.05, 0.1) is 5.56 Å². The monoisotopic (exact) mass is 759 g/mol. The summed E-state index contributed by atoms with van der Waals surface area (Å²) in [7, 11) is 0. The lowest BCUT2D eigenvalue weighted by atomic mass is 9.96. The average Bonchev–Trinajstić information content (AvgIpc) is 3.92. The van der Waals surface area contributed by atoms with Gasteiger partial charge in [0.1, 0.15) is 60.0 Å². The summed E-state index contributed by atoms with van der Waals surface area (Å²) in [6.07, 6.45) is 0. The summed E-state index contributed by atoms with van der Waals surface area (Å²) in [6, 6.07) is 37.6. The van der Waals surface area contributed by atoms with Crippen LogP contribution in [0.25, 0.3) is 22.3 Å². The highest BCUT2D eigenvalue weighted by Crippen LogP contribution is 2.42. The molecule has 2 aliphatic rings. The summed E-state index contributed by atoms with van der Waals surface area (Å²) in [5, 5.41) is 38.7. The van der Waals surface area contributed by atoms with Gasteiger partial charge in [0.25, 0.3) is 0 Å². The van der Waals surface area contributed by atoms with Crippen LogP contribution >= 0.6 is 11.6 Å². The first-order valence-corrected chi connectivity index (χ1v) is 17.1. The number of fused-ring (bicyclic) bond motifs is 2. The maximum Gasteiger partial charge on any atom is 0.234 e. The van der Waals surface area contributed by atoms with E-state index in [0.29, 0.717) is 45.3 Å². The van der Waals surface area contributed by atoms with Crippen molar-refractivity contribution in [1.29, 1.82) is 21.0 Å². The lowest BCUT2D eigenvalue weighted by Gasteiger charge is -2.14. The highest BCUT2D eigenvalue weighted by atomic mass is 35.5. The number of hydrogen-bond donors (Lipinski definition) is 1. The molecule has 2 aromatic heterocycles. The van der Waals surface area contributed by atoms with Gasteiger partial charge < -0.3 is 34.2 Å². The zero-order valence-corrected chi connectivity index (χ0v) is 29.9. The van der Waals surface area contributed by atoms with Crippen molar-refractivity contribution in [3.63, 3.8) is 0 Å². The number of anilines is 1. The summed E-state index contributed by atoms with van der Waals surface area (Å²) in [5.41, 5.74) is 10.2. The van der Waals surface area contributed by atoms with Crippen molar-refractivity contribution in [2.45, 2.75) is 13.2 Å². The van der Waals surface area contributed by atoms with E-state index in [-0.39, 0.29) is 71.8 Å². The molecule has 6 aromatic rings. The second kappa shape index (κ2) is 16.4. The Morgan fingerprint density at radius 3 is 1.45 bits per heavy atom. The number of nitrogens with two attached hydrogens (primary N) is 1. The Kier molecular flexibility index (Phi) is 10.6. The molecular weight excluding hydrogens is 734 g/mol. The number of pyridine rings is 2. The van der Waals surface area contributed by atoms with E-state index < -0.39 is 0 Å². The molecule has 0 spiro atoms. The predicted octanol–water partition coefficient (Wildman–Crippen LogP) is 7.83. The molecule has 0 fully saturated rings. The Labute approximate surface area is 325 Å². The van der Waals surface area contributed by atoms with Crippen LogP contribution in [0.5, 0.6) is 34.8 Å². The molecule has 0 amide bonds. The third-order valence-corrected chi connectivity index (χ3v) is 8.79. The van der Waals surface area contributed by atoms with Crippen molar-refractivity contribution in [2.75, 3.05) is 19.3 Å². The smallest absolute Gasteiger partial charge is 0.234 e. The Bertz CT molecular complexity index is 2450. The van der Waals surface area contributed by atoms with Crippen LogP contribution in [0.3, 0.4) is 0 Å². The van der Waals surface area contributed by atoms with E-state index in [0.717, 1.165) is 11.1 Å². The van der Waals surface area contributed by atoms with Crippen molar-refractivity contribution in [3.05, 3.63) is 136 Å². The van der Waals surface area contributed by atoms with Crippen LogP contribution in [0, 0.1) is 45.3 Å². The molecule has 0 unspecified atom stereocenters. The molecule has 2 aliphatic heterocycles. The molecular formula is C42H26ClN7O6. The number of rotatable bonds is 8. The molecule has 13 nitrogen and oxygen atoms in total. The summed E-state index contributed by atoms with van der Waals surface area (Å²) in [5.74, 6) is 2.41. The molecule has 4 heterocycles. The molecule has 0 saturated heterocycles. The van der Waals surface area contributed by atoms with Crippen LogP contribution in [0.2, 0.25) is 5.15 Å². The van der Waals surface area contributed by atoms with E-state index >= 15 is 0 Å². The van der Waals surface area contributed by atoms with Crippen molar-refractivity contribution < 1.29 is 28.4 Å². The second-order valence-corrected chi connectivity index (χ2v) is 12.2. The number of benzene rings is 4. The Morgan fingerprint density at radius 2 is 0.982 bits per heavy atom. The largest absolute Gasteiger partial charge is 0.472 e. The molecule has 0 radical (unpaired) electrons. The number of halogens is 1. The van der Waals surface area contributed by atoms with Gasteiger partial charge in [0.15, 0.2) is 28.2 Å². The Hall–Kier alpha value is -7.97. The number of ether oxygens (including phenoxy) is 6. The van der Waals surface area contributed by atoms with Crippen molar-refractivity contribution in [3.8, 4) is 81.3 Å². The van der Waals surface area contributed by atoms with E-state index in [1.54, 1.807) is 36.4 Å². The molecule has 272 valence electrons. The lowest BCUT2D eigenvalue weighted by Crippen LogP contribution is -2.06. The first kappa shape index (κ1) is 36.4. The molecule has 0 bridgehead atoms. The van der Waals surface area contributed by atoms with Gasteiger partial charge in [-0.2, -0.15) is 31.0 Å². The molecule has 0 atom stereocenters. The topological polar surface area (TPSA) is 202 Å². The molecule has 4 aromatic carbocycles. The second-order valence-electron chi connectivity index (χ2n) is 11.9. The Balaban J connectivity index is 0.000000172. The Morgan fingerprint density at radius 1 is 0.554 bits per heavy atom. The average molecular weight is 760 g/mol. The molecule has 0 aliphatic carbocycles. The maximum absolute atomic E-state index is 9.79. The summed E-state index contributed by atoms with van der Waals surface area (Å²) in [6.45, 7) is 0.677. The SMILES string of the molecule is N#Cc1c(Cl)nc(OCc2ccccc2)c(C#N)c1-c1ccc2c(c1)OCO2.N#Cc1c(N)nc(OCc2ccccc2)c(C#N)c1-c1ccc2c(c1)OCO2. The van der Waals surface area contributed by atoms with Gasteiger partial charge in [-0.3, -0.25) is 0 Å². The minimum Gasteiger partial charge on any atom is -0.472 e. The van der Waals surface area contributed by atoms with E-state index in [1.807, 2.05) is 72.8 Å². The van der Waals surface area contributed by atoms with Crippen molar-refractivity contribution >= 4 is 17.4 Å². The number of nitrogens with zero attached hydrogens (tertiary/aromatic N) is 6. The zero-order valence-electron chi connectivity index (χ0n) is 29.2. The van der Waals surface area contributed by atoms with Gasteiger partial charge in [-0.05, 0) is 46.5 Å². The fourth-order valence-electron chi connectivity index (χ4n) is 5.88. The van der Waals surface area contributed by atoms with Crippen LogP contribution in [-0.2, 0) is 13.2 Å². The summed E-state index contributed by atoms with van der Waals surface area (Å²) >= 11 is 6.23. The lowest BCUT2D eigenvalue weighted by molar-refractivity contribution is 0.173. The summed E-state index contributed by atoms with van der Waals surface area (Å²) < 4.78 is 33.0. The van der Waals surface area contributed by atoms with Crippen molar-refractivity contribution in [2.24, 2.45) is 0 Å². The van der Waals surface area contributed by atoms with E-state index in [1.165, 1.54) is 0 Å². The molecule has 56 heavy (non-hydrogen) atoms. The highest BCUT2D eigenvalue weighted by molar-refractivity contribution is 6.31. The van der Waals surface area contributed by atoms with E-state index in [9.17, 15) is 21.0 Å². The van der Waals surface area contributed by atoms with Crippen molar-refractivity contribution in [1.82, 2.24) is 9.97 Å². The zero-order chi connectivity index (χ0) is 39.0. The third kappa shape index (κ3) is 7.44. The predicted molar refractivity (Wildman–Crippen MR) is 201 cm³/mol. The van der Waals surface area contributed by atoms with Crippen LogP contribution in [0.4, 0.5) is 5.82 Å². The van der Waals surface area contributed by atoms with Crippen LogP contribution in [-0.4, -0.2) is 23.6 Å². The normalized spacial score (nSPS) is 11.5. The molecule has 14 heteroatoms. The molecule has 8 rings (SSSR count). The van der Waals surface area contributed by atoms with Gasteiger partial charge in [0, 0.05) is 11.1 Å². The van der Waals surface area contributed by atoms with Gasteiger partial charge in [-0.25, -0.2) is 0 Å². The minimum absolute atomic E-state index is 0.00257. The molecule has 0 saturated carbocycles. The van der Waals surface area contributed by atoms with Gasteiger partial charge in [0.2, 0.25) is 25.3 Å². The van der Waals surface area contributed by atoms with Gasteiger partial charge in [-0.1, -0.05) is 84.4 Å². The number of hydrogen-bond acceptors (Lipinski definition) is 13. The first-order valence-electron chi connectivity index (χ1n) is 16.7. The van der Waals surface area contributed by atoms with Gasteiger partial charge >= 0.3 is 0 Å². The standard InChI is InChI=1S/C21H12ClN3O3.C21H14N4O3/c22-20-15(9-23)19(14-6-7-17-18(8-14)28-12-27-17)16(10-24)21(25-20)26-11-13-4-2-1-3-5-13;22-9-15-19(14-6-7-17-18(8-14)28-12-27-17)16(10-23)21(25-20(15)24)26-11-13-4-2-1-3-5-13/h1-8H,11-12H2;1-8H,11-12H2,(H2,24,25). The van der Waals surface area contributed by atoms with E-state index in [4.69, 9.17) is 45.8 Å².